The molecule has 0 saturated heterocycles. The molecule has 0 aliphatic carbocycles. The van der Waals surface area contributed by atoms with Gasteiger partial charge in [-0.25, -0.2) is 0 Å². The van der Waals surface area contributed by atoms with Crippen molar-refractivity contribution in [3.8, 4) is 5.75 Å². The Hall–Kier alpha value is -2.52. The normalized spacial score (nSPS) is 12.5. The molecule has 0 fully saturated rings. The first-order valence-corrected chi connectivity index (χ1v) is 7.31. The average Bonchev–Trinajstić information content (AvgIpc) is 3.04. The van der Waals surface area contributed by atoms with E-state index in [1.165, 1.54) is 5.56 Å². The van der Waals surface area contributed by atoms with Gasteiger partial charge in [0.15, 0.2) is 0 Å². The largest absolute Gasteiger partial charge is 0.508 e. The molecular formula is C19H19NO2. The molecular weight excluding hydrogens is 274 g/mol. The van der Waals surface area contributed by atoms with Crippen LogP contribution in [0.25, 0.3) is 0 Å². The summed E-state index contributed by atoms with van der Waals surface area (Å²) < 4.78 is 5.61. The Kier molecular flexibility index (Phi) is 4.26. The van der Waals surface area contributed by atoms with Crippen molar-refractivity contribution in [2.75, 3.05) is 7.05 Å². The summed E-state index contributed by atoms with van der Waals surface area (Å²) in [5, 5.41) is 10.2. The molecule has 1 aromatic heterocycles. The van der Waals surface area contributed by atoms with Gasteiger partial charge in [-0.15, -0.1) is 0 Å². The first kappa shape index (κ1) is 14.4. The average molecular weight is 293 g/mol. The number of hydrogen-bond donors (Lipinski definition) is 1. The molecule has 1 unspecified atom stereocenters. The smallest absolute Gasteiger partial charge is 0.125 e. The van der Waals surface area contributed by atoms with E-state index in [-0.39, 0.29) is 11.8 Å². The topological polar surface area (TPSA) is 36.6 Å². The zero-order valence-electron chi connectivity index (χ0n) is 12.5. The molecule has 0 radical (unpaired) electrons. The third-order valence-corrected chi connectivity index (χ3v) is 3.76. The lowest BCUT2D eigenvalue weighted by molar-refractivity contribution is 0.236. The second-order valence-corrected chi connectivity index (χ2v) is 5.38. The van der Waals surface area contributed by atoms with E-state index >= 15 is 0 Å². The number of aromatic hydroxyl groups is 1. The lowest BCUT2D eigenvalue weighted by Crippen LogP contribution is -2.25. The lowest BCUT2D eigenvalue weighted by Gasteiger charge is -2.27. The number of phenols is 1. The summed E-state index contributed by atoms with van der Waals surface area (Å²) in [5.74, 6) is 1.10. The van der Waals surface area contributed by atoms with Gasteiger partial charge in [-0.3, -0.25) is 4.90 Å². The van der Waals surface area contributed by atoms with Gasteiger partial charge in [-0.05, 0) is 30.8 Å². The number of hydrogen-bond acceptors (Lipinski definition) is 3. The molecule has 0 aliphatic rings. The van der Waals surface area contributed by atoms with Crippen LogP contribution in [0.15, 0.2) is 77.4 Å². The highest BCUT2D eigenvalue weighted by atomic mass is 16.3. The van der Waals surface area contributed by atoms with E-state index in [4.69, 9.17) is 4.42 Å². The maximum atomic E-state index is 10.2. The van der Waals surface area contributed by atoms with E-state index in [2.05, 4.69) is 17.0 Å². The summed E-state index contributed by atoms with van der Waals surface area (Å²) in [6.07, 6.45) is 1.67. The van der Waals surface area contributed by atoms with Gasteiger partial charge >= 0.3 is 0 Å². The van der Waals surface area contributed by atoms with Crippen molar-refractivity contribution in [3.05, 3.63) is 89.9 Å². The molecule has 1 N–H and O–H groups in total. The number of phenolic OH excluding ortho intramolecular Hbond substituents is 1. The molecule has 0 amide bonds. The van der Waals surface area contributed by atoms with Gasteiger partial charge in [0.2, 0.25) is 0 Å². The van der Waals surface area contributed by atoms with E-state index in [9.17, 15) is 5.11 Å². The van der Waals surface area contributed by atoms with Crippen molar-refractivity contribution in [1.82, 2.24) is 4.90 Å². The second kappa shape index (κ2) is 6.50. The van der Waals surface area contributed by atoms with Gasteiger partial charge in [0.25, 0.3) is 0 Å². The summed E-state index contributed by atoms with van der Waals surface area (Å²) in [7, 11) is 2.03. The molecule has 3 rings (SSSR count). The molecule has 112 valence electrons. The fourth-order valence-corrected chi connectivity index (χ4v) is 2.74. The van der Waals surface area contributed by atoms with E-state index < -0.39 is 0 Å². The summed E-state index contributed by atoms with van der Waals surface area (Å²) >= 11 is 0. The number of para-hydroxylation sites is 1. The predicted molar refractivity (Wildman–Crippen MR) is 86.6 cm³/mol. The summed E-state index contributed by atoms with van der Waals surface area (Å²) in [6, 6.07) is 21.4. The zero-order valence-corrected chi connectivity index (χ0v) is 12.5. The standard InChI is InChI=1S/C19H19NO2/c1-20(14-15-8-3-2-4-9-15)19(18-12-7-13-22-18)16-10-5-6-11-17(16)21/h2-13,19,21H,14H2,1H3. The maximum Gasteiger partial charge on any atom is 0.125 e. The maximum absolute atomic E-state index is 10.2. The highest BCUT2D eigenvalue weighted by Gasteiger charge is 2.24. The van der Waals surface area contributed by atoms with E-state index in [0.29, 0.717) is 0 Å². The SMILES string of the molecule is CN(Cc1ccccc1)C(c1ccco1)c1ccccc1O. The molecule has 1 atom stereocenters. The van der Waals surface area contributed by atoms with Crippen LogP contribution in [0.5, 0.6) is 5.75 Å². The Morgan fingerprint density at radius 2 is 1.68 bits per heavy atom. The Balaban J connectivity index is 1.94. The summed E-state index contributed by atoms with van der Waals surface area (Å²) in [4.78, 5) is 2.17. The molecule has 1 heterocycles. The van der Waals surface area contributed by atoms with Crippen LogP contribution in [0.2, 0.25) is 0 Å². The van der Waals surface area contributed by atoms with Crippen LogP contribution in [0.4, 0.5) is 0 Å². The van der Waals surface area contributed by atoms with Crippen molar-refractivity contribution < 1.29 is 9.52 Å². The van der Waals surface area contributed by atoms with Gasteiger partial charge in [-0.1, -0.05) is 48.5 Å². The minimum atomic E-state index is -0.128. The second-order valence-electron chi connectivity index (χ2n) is 5.38. The van der Waals surface area contributed by atoms with Crippen LogP contribution >= 0.6 is 0 Å². The number of rotatable bonds is 5. The Morgan fingerprint density at radius 1 is 0.955 bits per heavy atom. The van der Waals surface area contributed by atoms with Gasteiger partial charge in [0, 0.05) is 12.1 Å². The van der Waals surface area contributed by atoms with Crippen LogP contribution < -0.4 is 0 Å². The van der Waals surface area contributed by atoms with Crippen molar-refractivity contribution in [3.63, 3.8) is 0 Å². The molecule has 0 aliphatic heterocycles. The summed E-state index contributed by atoms with van der Waals surface area (Å²) in [5.41, 5.74) is 2.06. The first-order chi connectivity index (χ1) is 10.8. The number of nitrogens with zero attached hydrogens (tertiary/aromatic N) is 1. The Morgan fingerprint density at radius 3 is 2.36 bits per heavy atom. The van der Waals surface area contributed by atoms with Crippen LogP contribution in [0, 0.1) is 0 Å². The van der Waals surface area contributed by atoms with E-state index in [1.807, 2.05) is 55.6 Å². The van der Waals surface area contributed by atoms with Crippen molar-refractivity contribution in [2.45, 2.75) is 12.6 Å². The number of benzene rings is 2. The van der Waals surface area contributed by atoms with Crippen molar-refractivity contribution >= 4 is 0 Å². The molecule has 0 saturated carbocycles. The monoisotopic (exact) mass is 293 g/mol. The van der Waals surface area contributed by atoms with E-state index in [1.54, 1.807) is 12.3 Å². The Labute approximate surface area is 130 Å². The molecule has 3 heteroatoms. The van der Waals surface area contributed by atoms with Gasteiger partial charge in [0.05, 0.1) is 12.3 Å². The molecule has 0 spiro atoms. The Bertz CT molecular complexity index is 707. The van der Waals surface area contributed by atoms with Crippen LogP contribution in [0.1, 0.15) is 22.9 Å². The highest BCUT2D eigenvalue weighted by Crippen LogP contribution is 2.34. The molecule has 3 nitrogen and oxygen atoms in total. The minimum Gasteiger partial charge on any atom is -0.508 e. The third-order valence-electron chi connectivity index (χ3n) is 3.76. The predicted octanol–water partition coefficient (Wildman–Crippen LogP) is 4.21. The fraction of sp³-hybridized carbons (Fsp3) is 0.158. The summed E-state index contributed by atoms with van der Waals surface area (Å²) in [6.45, 7) is 0.764. The number of furan rings is 1. The molecule has 0 bridgehead atoms. The lowest BCUT2D eigenvalue weighted by atomic mass is 10.0. The highest BCUT2D eigenvalue weighted by molar-refractivity contribution is 5.38. The van der Waals surface area contributed by atoms with Crippen LogP contribution in [-0.4, -0.2) is 17.1 Å². The molecule has 2 aromatic carbocycles. The third kappa shape index (κ3) is 3.05. The van der Waals surface area contributed by atoms with E-state index in [0.717, 1.165) is 17.9 Å². The zero-order chi connectivity index (χ0) is 15.4. The van der Waals surface area contributed by atoms with Gasteiger partial charge < -0.3 is 9.52 Å². The van der Waals surface area contributed by atoms with Crippen molar-refractivity contribution in [1.29, 1.82) is 0 Å². The fourth-order valence-electron chi connectivity index (χ4n) is 2.74. The van der Waals surface area contributed by atoms with Gasteiger partial charge in [-0.2, -0.15) is 0 Å². The molecule has 22 heavy (non-hydrogen) atoms. The quantitative estimate of drug-likeness (QED) is 0.765. The van der Waals surface area contributed by atoms with Crippen molar-refractivity contribution in [2.24, 2.45) is 0 Å². The van der Waals surface area contributed by atoms with Gasteiger partial charge in [0.1, 0.15) is 11.5 Å². The molecule has 3 aromatic rings. The first-order valence-electron chi connectivity index (χ1n) is 7.31. The minimum absolute atomic E-state index is 0.128. The van der Waals surface area contributed by atoms with Crippen LogP contribution in [-0.2, 0) is 6.54 Å². The van der Waals surface area contributed by atoms with Crippen LogP contribution in [0.3, 0.4) is 0 Å².